The van der Waals surface area contributed by atoms with E-state index in [-0.39, 0.29) is 6.04 Å². The van der Waals surface area contributed by atoms with Gasteiger partial charge in [0.15, 0.2) is 0 Å². The first-order valence-corrected chi connectivity index (χ1v) is 5.08. The molecule has 1 aromatic carbocycles. The monoisotopic (exact) mass is 217 g/mol. The van der Waals surface area contributed by atoms with Crippen LogP contribution in [-0.4, -0.2) is 6.04 Å². The highest BCUT2D eigenvalue weighted by molar-refractivity contribution is 6.42. The molecule has 72 valence electrons. The molecular weight excluding hydrogens is 205 g/mol. The van der Waals surface area contributed by atoms with Crippen molar-refractivity contribution in [3.63, 3.8) is 0 Å². The quantitative estimate of drug-likeness (QED) is 0.827. The number of hydrogen-bond donors (Lipinski definition) is 1. The molecule has 1 atom stereocenters. The van der Waals surface area contributed by atoms with Crippen LogP contribution in [0.15, 0.2) is 18.2 Å². The van der Waals surface area contributed by atoms with Crippen LogP contribution in [0.4, 0.5) is 0 Å². The fraction of sp³-hybridized carbons (Fsp3) is 0.400. The molecule has 1 rings (SSSR count). The van der Waals surface area contributed by atoms with E-state index in [1.165, 1.54) is 0 Å². The van der Waals surface area contributed by atoms with Gasteiger partial charge in [0.25, 0.3) is 0 Å². The third kappa shape index (κ3) is 3.18. The molecule has 0 fully saturated rings. The smallest absolute Gasteiger partial charge is 0.0595 e. The third-order valence-corrected chi connectivity index (χ3v) is 2.75. The molecule has 3 heteroatoms. The number of nitrogens with two attached hydrogens (primary N) is 1. The lowest BCUT2D eigenvalue weighted by Crippen LogP contribution is -2.21. The van der Waals surface area contributed by atoms with E-state index in [9.17, 15) is 0 Å². The first-order chi connectivity index (χ1) is 6.13. The molecule has 2 N–H and O–H groups in total. The Morgan fingerprint density at radius 1 is 1.31 bits per heavy atom. The Morgan fingerprint density at radius 3 is 2.54 bits per heavy atom. The van der Waals surface area contributed by atoms with Gasteiger partial charge in [-0.1, -0.05) is 36.2 Å². The van der Waals surface area contributed by atoms with Gasteiger partial charge in [0.1, 0.15) is 0 Å². The average Bonchev–Trinajstić information content (AvgIpc) is 2.11. The van der Waals surface area contributed by atoms with Crippen molar-refractivity contribution in [3.8, 4) is 0 Å². The normalized spacial score (nSPS) is 12.9. The minimum atomic E-state index is 0.206. The van der Waals surface area contributed by atoms with Crippen LogP contribution < -0.4 is 5.73 Å². The Bertz CT molecular complexity index is 286. The minimum absolute atomic E-state index is 0.206. The van der Waals surface area contributed by atoms with Gasteiger partial charge in [0.2, 0.25) is 0 Å². The average molecular weight is 218 g/mol. The summed E-state index contributed by atoms with van der Waals surface area (Å²) in [6.45, 7) is 2.07. The van der Waals surface area contributed by atoms with E-state index in [4.69, 9.17) is 28.9 Å². The second kappa shape index (κ2) is 4.85. The van der Waals surface area contributed by atoms with Gasteiger partial charge >= 0.3 is 0 Å². The van der Waals surface area contributed by atoms with Gasteiger partial charge in [0, 0.05) is 6.04 Å². The summed E-state index contributed by atoms with van der Waals surface area (Å²) in [6.07, 6.45) is 1.83. The summed E-state index contributed by atoms with van der Waals surface area (Å²) in [7, 11) is 0. The van der Waals surface area contributed by atoms with Crippen molar-refractivity contribution in [1.29, 1.82) is 0 Å². The van der Waals surface area contributed by atoms with Gasteiger partial charge in [-0.15, -0.1) is 0 Å². The van der Waals surface area contributed by atoms with Crippen molar-refractivity contribution in [3.05, 3.63) is 33.8 Å². The zero-order valence-electron chi connectivity index (χ0n) is 7.56. The molecule has 0 spiro atoms. The molecule has 0 unspecified atom stereocenters. The van der Waals surface area contributed by atoms with Gasteiger partial charge < -0.3 is 5.73 Å². The molecule has 0 aliphatic rings. The molecule has 0 amide bonds. The first kappa shape index (κ1) is 10.8. The van der Waals surface area contributed by atoms with Gasteiger partial charge in [-0.05, 0) is 30.5 Å². The van der Waals surface area contributed by atoms with E-state index in [0.717, 1.165) is 18.4 Å². The van der Waals surface area contributed by atoms with Crippen molar-refractivity contribution in [2.75, 3.05) is 0 Å². The van der Waals surface area contributed by atoms with Crippen LogP contribution in [0.3, 0.4) is 0 Å². The zero-order chi connectivity index (χ0) is 9.84. The summed E-state index contributed by atoms with van der Waals surface area (Å²) >= 11 is 11.7. The molecular formula is C10H13Cl2N. The number of halogens is 2. The standard InChI is InChI=1S/C10H13Cl2N/c1-2-8(13)5-7-3-4-9(11)10(12)6-7/h3-4,6,8H,2,5,13H2,1H3/t8-/m1/s1. The summed E-state index contributed by atoms with van der Waals surface area (Å²) in [5.74, 6) is 0. The fourth-order valence-corrected chi connectivity index (χ4v) is 1.43. The maximum absolute atomic E-state index is 5.87. The fourth-order valence-electron chi connectivity index (χ4n) is 1.11. The summed E-state index contributed by atoms with van der Waals surface area (Å²) in [6, 6.07) is 5.85. The zero-order valence-corrected chi connectivity index (χ0v) is 9.07. The number of benzene rings is 1. The second-order valence-corrected chi connectivity index (χ2v) is 3.94. The lowest BCUT2D eigenvalue weighted by molar-refractivity contribution is 0.646. The van der Waals surface area contributed by atoms with Crippen molar-refractivity contribution in [1.82, 2.24) is 0 Å². The van der Waals surface area contributed by atoms with E-state index >= 15 is 0 Å². The van der Waals surface area contributed by atoms with Gasteiger partial charge in [0.05, 0.1) is 10.0 Å². The van der Waals surface area contributed by atoms with E-state index in [1.807, 2.05) is 18.2 Å². The minimum Gasteiger partial charge on any atom is -0.327 e. The Labute approximate surface area is 88.8 Å². The second-order valence-electron chi connectivity index (χ2n) is 3.12. The van der Waals surface area contributed by atoms with Crippen molar-refractivity contribution in [2.45, 2.75) is 25.8 Å². The first-order valence-electron chi connectivity index (χ1n) is 4.33. The summed E-state index contributed by atoms with van der Waals surface area (Å²) in [4.78, 5) is 0. The van der Waals surface area contributed by atoms with Crippen molar-refractivity contribution < 1.29 is 0 Å². The van der Waals surface area contributed by atoms with Crippen LogP contribution >= 0.6 is 23.2 Å². The third-order valence-electron chi connectivity index (χ3n) is 2.01. The van der Waals surface area contributed by atoms with Crippen LogP contribution in [-0.2, 0) is 6.42 Å². The summed E-state index contributed by atoms with van der Waals surface area (Å²) in [5, 5.41) is 1.19. The predicted octanol–water partition coefficient (Wildman–Crippen LogP) is 3.27. The van der Waals surface area contributed by atoms with Gasteiger partial charge in [-0.2, -0.15) is 0 Å². The predicted molar refractivity (Wildman–Crippen MR) is 58.4 cm³/mol. The van der Waals surface area contributed by atoms with Crippen LogP contribution in [0, 0.1) is 0 Å². The maximum Gasteiger partial charge on any atom is 0.0595 e. The number of rotatable bonds is 3. The topological polar surface area (TPSA) is 26.0 Å². The highest BCUT2D eigenvalue weighted by atomic mass is 35.5. The highest BCUT2D eigenvalue weighted by Gasteiger charge is 2.03. The molecule has 0 saturated carbocycles. The Balaban J connectivity index is 2.73. The van der Waals surface area contributed by atoms with E-state index in [2.05, 4.69) is 6.92 Å². The van der Waals surface area contributed by atoms with E-state index in [0.29, 0.717) is 10.0 Å². The molecule has 1 aromatic rings. The van der Waals surface area contributed by atoms with E-state index in [1.54, 1.807) is 0 Å². The molecule has 0 bridgehead atoms. The lowest BCUT2D eigenvalue weighted by Gasteiger charge is -2.08. The number of hydrogen-bond acceptors (Lipinski definition) is 1. The van der Waals surface area contributed by atoms with Gasteiger partial charge in [-0.3, -0.25) is 0 Å². The molecule has 0 heterocycles. The maximum atomic E-state index is 5.87. The Morgan fingerprint density at radius 2 is 2.00 bits per heavy atom. The molecule has 0 aliphatic heterocycles. The van der Waals surface area contributed by atoms with Crippen LogP contribution in [0.2, 0.25) is 10.0 Å². The summed E-state index contributed by atoms with van der Waals surface area (Å²) in [5.41, 5.74) is 6.96. The van der Waals surface area contributed by atoms with Crippen LogP contribution in [0.1, 0.15) is 18.9 Å². The Hall–Kier alpha value is -0.240. The molecule has 0 saturated heterocycles. The van der Waals surface area contributed by atoms with Gasteiger partial charge in [-0.25, -0.2) is 0 Å². The molecule has 1 nitrogen and oxygen atoms in total. The van der Waals surface area contributed by atoms with Crippen molar-refractivity contribution >= 4 is 23.2 Å². The largest absolute Gasteiger partial charge is 0.327 e. The summed E-state index contributed by atoms with van der Waals surface area (Å²) < 4.78 is 0. The molecule has 0 aliphatic carbocycles. The Kier molecular flexibility index (Phi) is 4.04. The van der Waals surface area contributed by atoms with Crippen LogP contribution in [0.25, 0.3) is 0 Å². The molecule has 0 aromatic heterocycles. The molecule has 13 heavy (non-hydrogen) atoms. The van der Waals surface area contributed by atoms with Crippen LogP contribution in [0.5, 0.6) is 0 Å². The highest BCUT2D eigenvalue weighted by Crippen LogP contribution is 2.23. The van der Waals surface area contributed by atoms with E-state index < -0.39 is 0 Å². The van der Waals surface area contributed by atoms with Crippen molar-refractivity contribution in [2.24, 2.45) is 5.73 Å². The lowest BCUT2D eigenvalue weighted by atomic mass is 10.1. The molecule has 0 radical (unpaired) electrons. The SMILES string of the molecule is CC[C@@H](N)Cc1ccc(Cl)c(Cl)c1.